The second kappa shape index (κ2) is 7.09. The van der Waals surface area contributed by atoms with E-state index in [-0.39, 0.29) is 11.8 Å². The summed E-state index contributed by atoms with van der Waals surface area (Å²) in [6.07, 6.45) is 0.977. The second-order valence-corrected chi connectivity index (χ2v) is 8.82. The number of nitrogens with zero attached hydrogens (tertiary/aromatic N) is 5. The van der Waals surface area contributed by atoms with E-state index in [1.807, 2.05) is 24.3 Å². The van der Waals surface area contributed by atoms with Crippen molar-refractivity contribution in [1.29, 1.82) is 0 Å². The number of fused-ring (bicyclic) bond motifs is 2. The summed E-state index contributed by atoms with van der Waals surface area (Å²) in [6, 6.07) is 13.0. The van der Waals surface area contributed by atoms with Crippen LogP contribution >= 0.6 is 11.3 Å². The quantitative estimate of drug-likeness (QED) is 0.483. The Morgan fingerprint density at radius 3 is 2.78 bits per heavy atom. The normalized spacial score (nSPS) is 17.1. The van der Waals surface area contributed by atoms with Crippen LogP contribution in [-0.2, 0) is 0 Å². The van der Waals surface area contributed by atoms with Crippen molar-refractivity contribution in [2.45, 2.75) is 18.6 Å². The number of ether oxygens (including phenoxy) is 1. The van der Waals surface area contributed by atoms with Crippen molar-refractivity contribution in [3.63, 3.8) is 0 Å². The Morgan fingerprint density at radius 1 is 1.16 bits per heavy atom. The first-order valence-electron chi connectivity index (χ1n) is 10.1. The highest BCUT2D eigenvalue weighted by atomic mass is 32.1. The summed E-state index contributed by atoms with van der Waals surface area (Å²) >= 11 is 1.40. The number of thiazole rings is 1. The molecular formula is C21H17N7O3S. The van der Waals surface area contributed by atoms with Crippen molar-refractivity contribution < 1.29 is 14.3 Å². The van der Waals surface area contributed by atoms with Crippen LogP contribution in [-0.4, -0.2) is 61.1 Å². The van der Waals surface area contributed by atoms with Gasteiger partial charge in [-0.05, 0) is 40.8 Å². The molecule has 6 rings (SSSR count). The molecule has 0 aliphatic carbocycles. The van der Waals surface area contributed by atoms with E-state index >= 15 is 0 Å². The molecule has 160 valence electrons. The number of rotatable bonds is 2. The highest BCUT2D eigenvalue weighted by Crippen LogP contribution is 2.35. The van der Waals surface area contributed by atoms with Gasteiger partial charge in [0.1, 0.15) is 5.75 Å². The van der Waals surface area contributed by atoms with E-state index in [1.165, 1.54) is 11.3 Å². The van der Waals surface area contributed by atoms with Crippen LogP contribution in [0.4, 0.5) is 0 Å². The van der Waals surface area contributed by atoms with Gasteiger partial charge in [-0.3, -0.25) is 9.59 Å². The lowest BCUT2D eigenvalue weighted by Gasteiger charge is -2.44. The lowest BCUT2D eigenvalue weighted by atomic mass is 9.96. The van der Waals surface area contributed by atoms with Crippen LogP contribution in [0.15, 0.2) is 42.5 Å². The summed E-state index contributed by atoms with van der Waals surface area (Å²) in [5.41, 5.74) is 1.12. The van der Waals surface area contributed by atoms with Crippen molar-refractivity contribution in [3.8, 4) is 17.1 Å². The number of hydrogen-bond donors (Lipinski definition) is 2. The van der Waals surface area contributed by atoms with E-state index in [0.29, 0.717) is 53.6 Å². The van der Waals surface area contributed by atoms with Gasteiger partial charge in [-0.25, -0.2) is 10.1 Å². The zero-order valence-corrected chi connectivity index (χ0v) is 17.6. The molecule has 4 aromatic rings. The molecule has 32 heavy (non-hydrogen) atoms. The van der Waals surface area contributed by atoms with Crippen LogP contribution in [0.3, 0.4) is 0 Å². The number of tetrazole rings is 1. The molecule has 2 aromatic heterocycles. The van der Waals surface area contributed by atoms with Crippen LogP contribution in [0.25, 0.3) is 21.6 Å². The van der Waals surface area contributed by atoms with Crippen molar-refractivity contribution in [3.05, 3.63) is 53.0 Å². The number of nitrogens with one attached hydrogen (secondary N) is 2. The molecule has 11 heteroatoms. The molecule has 0 saturated carbocycles. The van der Waals surface area contributed by atoms with Crippen molar-refractivity contribution >= 4 is 33.4 Å². The molecule has 1 spiro atoms. The predicted octanol–water partition coefficient (Wildman–Crippen LogP) is 2.23. The highest BCUT2D eigenvalue weighted by Gasteiger charge is 2.43. The van der Waals surface area contributed by atoms with Gasteiger partial charge in [-0.1, -0.05) is 12.1 Å². The minimum absolute atomic E-state index is 0.0890. The maximum atomic E-state index is 13.0. The SMILES string of the molecule is O=C1NC2(CCN(C(=O)c3nc4ccccc4s3)CC2)Oc2ccc(-c3nnn[nH]3)cc21. The van der Waals surface area contributed by atoms with Crippen LogP contribution in [0.2, 0.25) is 0 Å². The number of piperidine rings is 1. The topological polar surface area (TPSA) is 126 Å². The Hall–Kier alpha value is -3.86. The van der Waals surface area contributed by atoms with Gasteiger partial charge in [-0.15, -0.1) is 16.4 Å². The average Bonchev–Trinajstić information content (AvgIpc) is 3.49. The minimum atomic E-state index is -0.830. The van der Waals surface area contributed by atoms with E-state index in [0.717, 1.165) is 10.2 Å². The fourth-order valence-electron chi connectivity index (χ4n) is 4.13. The molecule has 0 bridgehead atoms. The van der Waals surface area contributed by atoms with Crippen molar-refractivity contribution in [2.24, 2.45) is 0 Å². The molecular weight excluding hydrogens is 430 g/mol. The predicted molar refractivity (Wildman–Crippen MR) is 115 cm³/mol. The molecule has 2 aromatic carbocycles. The molecule has 0 unspecified atom stereocenters. The molecule has 4 heterocycles. The maximum absolute atomic E-state index is 13.0. The number of H-pyrrole nitrogens is 1. The Kier molecular flexibility index (Phi) is 4.18. The smallest absolute Gasteiger partial charge is 0.282 e. The van der Waals surface area contributed by atoms with E-state index in [9.17, 15) is 9.59 Å². The fourth-order valence-corrected chi connectivity index (χ4v) is 5.07. The van der Waals surface area contributed by atoms with Gasteiger partial charge in [0.25, 0.3) is 11.8 Å². The van der Waals surface area contributed by atoms with E-state index < -0.39 is 5.72 Å². The number of benzene rings is 2. The average molecular weight is 447 g/mol. The number of aromatic amines is 1. The molecule has 0 radical (unpaired) electrons. The van der Waals surface area contributed by atoms with Crippen molar-refractivity contribution in [1.82, 2.24) is 35.8 Å². The second-order valence-electron chi connectivity index (χ2n) is 7.79. The number of likely N-dealkylation sites (tertiary alicyclic amines) is 1. The first kappa shape index (κ1) is 18.9. The Balaban J connectivity index is 1.19. The number of hydrogen-bond acceptors (Lipinski definition) is 8. The Labute approximate surface area is 185 Å². The Bertz CT molecular complexity index is 1310. The number of para-hydroxylation sites is 1. The molecule has 1 saturated heterocycles. The molecule has 2 aliphatic heterocycles. The number of carbonyl (C=O) groups is 2. The third-order valence-electron chi connectivity index (χ3n) is 5.82. The Morgan fingerprint density at radius 2 is 2.00 bits per heavy atom. The number of amides is 2. The summed E-state index contributed by atoms with van der Waals surface area (Å²) in [6.45, 7) is 0.929. The summed E-state index contributed by atoms with van der Waals surface area (Å²) in [5, 5.41) is 17.2. The van der Waals surface area contributed by atoms with Crippen molar-refractivity contribution in [2.75, 3.05) is 13.1 Å². The van der Waals surface area contributed by atoms with E-state index in [4.69, 9.17) is 4.74 Å². The summed E-state index contributed by atoms with van der Waals surface area (Å²) in [4.78, 5) is 32.1. The molecule has 2 N–H and O–H groups in total. The molecule has 2 amide bonds. The summed E-state index contributed by atoms with van der Waals surface area (Å²) in [5.74, 6) is 0.680. The van der Waals surface area contributed by atoms with Gasteiger partial charge in [0.15, 0.2) is 16.6 Å². The number of aromatic nitrogens is 5. The van der Waals surface area contributed by atoms with Gasteiger partial charge in [0.05, 0.1) is 15.8 Å². The third kappa shape index (κ3) is 3.09. The fraction of sp³-hybridized carbons (Fsp3) is 0.238. The van der Waals surface area contributed by atoms with Gasteiger partial charge in [0.2, 0.25) is 0 Å². The van der Waals surface area contributed by atoms with Gasteiger partial charge < -0.3 is 15.0 Å². The first-order chi connectivity index (χ1) is 15.6. The molecule has 0 atom stereocenters. The lowest BCUT2D eigenvalue weighted by molar-refractivity contribution is -0.0245. The van der Waals surface area contributed by atoms with Crippen LogP contribution in [0, 0.1) is 0 Å². The standard InChI is InChI=1S/C21H17N7O3S/c29-18-13-11-12(17-24-26-27-25-17)5-6-15(13)31-21(23-18)7-9-28(10-8-21)20(30)19-22-14-3-1-2-4-16(14)32-19/h1-6,11H,7-10H2,(H,23,29)(H,24,25,26,27). The minimum Gasteiger partial charge on any atom is -0.467 e. The molecule has 1 fully saturated rings. The monoisotopic (exact) mass is 447 g/mol. The van der Waals surface area contributed by atoms with E-state index in [1.54, 1.807) is 23.1 Å². The van der Waals surface area contributed by atoms with Gasteiger partial charge >= 0.3 is 0 Å². The highest BCUT2D eigenvalue weighted by molar-refractivity contribution is 7.20. The zero-order chi connectivity index (χ0) is 21.7. The van der Waals surface area contributed by atoms with Gasteiger partial charge in [0, 0.05) is 31.5 Å². The first-order valence-corrected chi connectivity index (χ1v) is 11.0. The molecule has 10 nitrogen and oxygen atoms in total. The summed E-state index contributed by atoms with van der Waals surface area (Å²) < 4.78 is 7.23. The van der Waals surface area contributed by atoms with E-state index in [2.05, 4.69) is 30.9 Å². The zero-order valence-electron chi connectivity index (χ0n) is 16.7. The largest absolute Gasteiger partial charge is 0.467 e. The van der Waals surface area contributed by atoms with Crippen LogP contribution < -0.4 is 10.1 Å². The third-order valence-corrected chi connectivity index (χ3v) is 6.85. The van der Waals surface area contributed by atoms with Gasteiger partial charge in [-0.2, -0.15) is 0 Å². The van der Waals surface area contributed by atoms with Crippen LogP contribution in [0.1, 0.15) is 33.0 Å². The lowest BCUT2D eigenvalue weighted by Crippen LogP contribution is -2.61. The maximum Gasteiger partial charge on any atom is 0.282 e. The number of carbonyl (C=O) groups excluding carboxylic acids is 2. The molecule has 2 aliphatic rings. The van der Waals surface area contributed by atoms with Crippen LogP contribution in [0.5, 0.6) is 5.75 Å². The summed E-state index contributed by atoms with van der Waals surface area (Å²) in [7, 11) is 0.